The van der Waals surface area contributed by atoms with Crippen LogP contribution >= 0.6 is 0 Å². The van der Waals surface area contributed by atoms with E-state index in [0.717, 1.165) is 6.67 Å². The van der Waals surface area contributed by atoms with Gasteiger partial charge in [0.15, 0.2) is 0 Å². The molecule has 89 valence electrons. The molecule has 1 aliphatic heterocycles. The summed E-state index contributed by atoms with van der Waals surface area (Å²) in [5.41, 5.74) is 0. The van der Waals surface area contributed by atoms with E-state index < -0.39 is 6.29 Å². The van der Waals surface area contributed by atoms with Gasteiger partial charge < -0.3 is 68.0 Å². The Labute approximate surface area is 133 Å². The van der Waals surface area contributed by atoms with Gasteiger partial charge in [0, 0.05) is 26.5 Å². The van der Waals surface area contributed by atoms with Crippen LogP contribution in [-0.2, 0) is 19.5 Å². The van der Waals surface area contributed by atoms with Crippen molar-refractivity contribution in [3.8, 4) is 0 Å². The Bertz CT molecular complexity index is 126. The molecule has 0 unspecified atom stereocenters. The van der Waals surface area contributed by atoms with E-state index in [1.165, 1.54) is 6.92 Å². The topological polar surface area (TPSA) is 46.9 Å². The fourth-order valence-electron chi connectivity index (χ4n) is 0.674. The number of hydrogen-bond donors (Lipinski definition) is 2. The second kappa shape index (κ2) is 14.3. The summed E-state index contributed by atoms with van der Waals surface area (Å²) in [6.07, 6.45) is 2.94. The summed E-state index contributed by atoms with van der Waals surface area (Å²) >= 11 is 0. The van der Waals surface area contributed by atoms with Gasteiger partial charge in [0.1, 0.15) is 6.29 Å². The summed E-state index contributed by atoms with van der Waals surface area (Å²) in [5.74, 6) is 0. The van der Waals surface area contributed by atoms with Crippen LogP contribution in [0.5, 0.6) is 0 Å². The molecule has 0 amide bonds. The van der Waals surface area contributed by atoms with Crippen molar-refractivity contribution >= 4 is 0 Å². The summed E-state index contributed by atoms with van der Waals surface area (Å²) in [5, 5.41) is 15.2. The van der Waals surface area contributed by atoms with Crippen LogP contribution in [0.2, 0.25) is 0 Å². The maximum absolute atomic E-state index is 7.61. The fourth-order valence-corrected chi connectivity index (χ4v) is 0.674. The van der Waals surface area contributed by atoms with E-state index in [1.54, 1.807) is 0 Å². The van der Waals surface area contributed by atoms with Gasteiger partial charge in [-0.1, -0.05) is 0 Å². The van der Waals surface area contributed by atoms with Gasteiger partial charge in [-0.25, -0.2) is 0 Å². The number of aliphatic hydroxyl groups excluding tert-OH is 1. The van der Waals surface area contributed by atoms with Crippen LogP contribution in [0.15, 0.2) is 12.4 Å². The molecule has 7 heteroatoms. The van der Waals surface area contributed by atoms with E-state index in [1.807, 2.05) is 0 Å². The number of hydrogen-bond acceptors (Lipinski definition) is 4. The van der Waals surface area contributed by atoms with Gasteiger partial charge in [-0.15, -0.1) is 0 Å². The van der Waals surface area contributed by atoms with Gasteiger partial charge in [0.05, 0.1) is 6.67 Å². The average molecular weight is 517 g/mol. The molecule has 1 heterocycles. The van der Waals surface area contributed by atoms with Crippen LogP contribution < -0.4 is 48.0 Å². The molecule has 0 spiro atoms. The molecule has 0 aromatic rings. The molecule has 0 atom stereocenters. The van der Waals surface area contributed by atoms with E-state index in [4.69, 9.17) is 10.2 Å². The predicted molar refractivity (Wildman–Crippen MR) is 43.4 cm³/mol. The van der Waals surface area contributed by atoms with Crippen molar-refractivity contribution in [2.24, 2.45) is 0 Å². The van der Waals surface area contributed by atoms with Crippen LogP contribution in [-0.4, -0.2) is 47.1 Å². The first-order valence-corrected chi connectivity index (χ1v) is 3.47. The minimum Gasteiger partial charge on any atom is -1.00 e. The zero-order chi connectivity index (χ0) is 8.85. The normalized spacial score (nSPS) is 12.1. The smallest absolute Gasteiger partial charge is 1.00 e. The maximum atomic E-state index is 7.61. The van der Waals surface area contributed by atoms with Crippen LogP contribution in [0.3, 0.4) is 0 Å². The summed E-state index contributed by atoms with van der Waals surface area (Å²) < 4.78 is 0. The minimum absolute atomic E-state index is 0. The van der Waals surface area contributed by atoms with Gasteiger partial charge in [-0.05, 0) is 6.92 Å². The third-order valence-electron chi connectivity index (χ3n) is 1.02. The molecule has 0 bridgehead atoms. The molecule has 14 heavy (non-hydrogen) atoms. The molecule has 1 radical (unpaired) electrons. The first kappa shape index (κ1) is 24.5. The molecule has 0 aromatic carbocycles. The first-order valence-electron chi connectivity index (χ1n) is 3.47. The van der Waals surface area contributed by atoms with Crippen LogP contribution in [0.1, 0.15) is 6.92 Å². The van der Waals surface area contributed by atoms with Gasteiger partial charge in [0.25, 0.3) is 0 Å². The molecular formula is C7H16I2N2O2Rh. The van der Waals surface area contributed by atoms with E-state index >= 15 is 0 Å². The van der Waals surface area contributed by atoms with Crippen molar-refractivity contribution in [1.82, 2.24) is 9.80 Å². The molecule has 0 aromatic heterocycles. The third-order valence-corrected chi connectivity index (χ3v) is 1.02. The molecule has 0 saturated carbocycles. The maximum Gasteiger partial charge on any atom is 2.00 e. The van der Waals surface area contributed by atoms with Crippen molar-refractivity contribution in [2.75, 3.05) is 20.8 Å². The number of aliphatic hydroxyl groups is 2. The van der Waals surface area contributed by atoms with Crippen LogP contribution in [0.4, 0.5) is 0 Å². The Morgan fingerprint density at radius 1 is 1.07 bits per heavy atom. The van der Waals surface area contributed by atoms with Gasteiger partial charge in [-0.2, -0.15) is 0 Å². The van der Waals surface area contributed by atoms with Crippen molar-refractivity contribution in [3.05, 3.63) is 12.4 Å². The first-order chi connectivity index (χ1) is 5.02. The average Bonchev–Trinajstić information content (AvgIpc) is 2.13. The second-order valence-corrected chi connectivity index (χ2v) is 2.59. The summed E-state index contributed by atoms with van der Waals surface area (Å²) in [4.78, 5) is 4.25. The standard InChI is InChI=1S/C5H10N2.C2H6O2.2HI.Rh/c1-6-3-4-7(2)5-6;1-2(3)4;;;/h3-4H,5H2,1-2H3;2-4H,1H3;2*1H;/q;;;;+2/p-2. The van der Waals surface area contributed by atoms with E-state index in [0.29, 0.717) is 0 Å². The van der Waals surface area contributed by atoms with Gasteiger partial charge in [0.2, 0.25) is 0 Å². The van der Waals surface area contributed by atoms with E-state index in [9.17, 15) is 0 Å². The van der Waals surface area contributed by atoms with Gasteiger partial charge in [-0.3, -0.25) is 0 Å². The van der Waals surface area contributed by atoms with Crippen LogP contribution in [0.25, 0.3) is 0 Å². The van der Waals surface area contributed by atoms with Gasteiger partial charge >= 0.3 is 19.5 Å². The molecule has 0 fully saturated rings. The summed E-state index contributed by atoms with van der Waals surface area (Å²) in [7, 11) is 4.11. The largest absolute Gasteiger partial charge is 2.00 e. The van der Waals surface area contributed by atoms with E-state index in [2.05, 4.69) is 36.3 Å². The Kier molecular flexibility index (Phi) is 25.1. The number of nitrogens with zero attached hydrogens (tertiary/aromatic N) is 2. The van der Waals surface area contributed by atoms with Crippen molar-refractivity contribution < 1.29 is 77.6 Å². The zero-order valence-electron chi connectivity index (χ0n) is 8.32. The molecule has 0 saturated heterocycles. The predicted octanol–water partition coefficient (Wildman–Crippen LogP) is -6.39. The van der Waals surface area contributed by atoms with Crippen molar-refractivity contribution in [1.29, 1.82) is 0 Å². The number of rotatable bonds is 0. The summed E-state index contributed by atoms with van der Waals surface area (Å²) in [6.45, 7) is 2.31. The molecule has 4 nitrogen and oxygen atoms in total. The monoisotopic (exact) mass is 517 g/mol. The third kappa shape index (κ3) is 19.0. The Morgan fingerprint density at radius 3 is 1.36 bits per heavy atom. The zero-order valence-corrected chi connectivity index (χ0v) is 14.3. The molecular weight excluding hydrogens is 501 g/mol. The van der Waals surface area contributed by atoms with Crippen molar-refractivity contribution in [3.63, 3.8) is 0 Å². The second-order valence-electron chi connectivity index (χ2n) is 2.59. The Balaban J connectivity index is -0.0000000650. The SMILES string of the molecule is CC(O)O.CN1C=CN(C)C1.[I-].[I-].[Rh+2]. The minimum atomic E-state index is -1.17. The molecule has 2 N–H and O–H groups in total. The quantitative estimate of drug-likeness (QED) is 0.191. The van der Waals surface area contributed by atoms with E-state index in [-0.39, 0.29) is 67.4 Å². The molecule has 0 aliphatic carbocycles. The molecule has 1 rings (SSSR count). The Morgan fingerprint density at radius 2 is 1.29 bits per heavy atom. The van der Waals surface area contributed by atoms with Crippen LogP contribution in [0, 0.1) is 0 Å². The Hall–Kier alpha value is 1.34. The molecule has 1 aliphatic rings. The fraction of sp³-hybridized carbons (Fsp3) is 0.714. The number of halogens is 2. The van der Waals surface area contributed by atoms with Crippen molar-refractivity contribution in [2.45, 2.75) is 13.2 Å². The summed E-state index contributed by atoms with van der Waals surface area (Å²) in [6, 6.07) is 0.